The molecule has 9 nitrogen and oxygen atoms in total. The van der Waals surface area contributed by atoms with Gasteiger partial charge in [0.25, 0.3) is 0 Å². The van der Waals surface area contributed by atoms with Crippen LogP contribution in [-0.2, 0) is 9.53 Å². The number of benzene rings is 1. The highest BCUT2D eigenvalue weighted by molar-refractivity contribution is 9.10. The van der Waals surface area contributed by atoms with Gasteiger partial charge in [0.1, 0.15) is 18.0 Å². The summed E-state index contributed by atoms with van der Waals surface area (Å²) in [6.45, 7) is 1.98. The molecule has 0 radical (unpaired) electrons. The molecule has 1 aliphatic heterocycles. The van der Waals surface area contributed by atoms with E-state index in [1.807, 2.05) is 48.7 Å². The normalized spacial score (nSPS) is 15.1. The molecule has 1 unspecified atom stereocenters. The maximum absolute atomic E-state index is 11.8. The highest BCUT2D eigenvalue weighted by Crippen LogP contribution is 2.35. The Labute approximate surface area is 223 Å². The minimum absolute atomic E-state index is 0.223. The average Bonchev–Trinajstić information content (AvgIpc) is 2.91. The molecule has 5 rings (SSSR count). The summed E-state index contributed by atoms with van der Waals surface area (Å²) in [5.74, 6) is 0.962. The largest absolute Gasteiger partial charge is 0.384 e. The van der Waals surface area contributed by atoms with Crippen LogP contribution in [0.5, 0.6) is 0 Å². The molecule has 4 aromatic rings. The summed E-state index contributed by atoms with van der Waals surface area (Å²) in [5, 5.41) is 0.722. The number of fused-ring (bicyclic) bond motifs is 1. The zero-order valence-electron chi connectivity index (χ0n) is 20.5. The number of ether oxygens (including phenoxy) is 1. The predicted octanol–water partition coefficient (Wildman–Crippen LogP) is 4.06. The van der Waals surface area contributed by atoms with E-state index < -0.39 is 0 Å². The third kappa shape index (κ3) is 5.26. The Morgan fingerprint density at radius 1 is 1.14 bits per heavy atom. The molecule has 1 atom stereocenters. The van der Waals surface area contributed by atoms with Crippen LogP contribution in [0.25, 0.3) is 33.4 Å². The fourth-order valence-corrected chi connectivity index (χ4v) is 5.40. The topological polar surface area (TPSA) is 133 Å². The van der Waals surface area contributed by atoms with Gasteiger partial charge in [-0.3, -0.25) is 4.79 Å². The van der Waals surface area contributed by atoms with Crippen molar-refractivity contribution in [2.45, 2.75) is 12.8 Å². The molecule has 1 amide bonds. The van der Waals surface area contributed by atoms with E-state index in [0.717, 1.165) is 64.0 Å². The van der Waals surface area contributed by atoms with Gasteiger partial charge >= 0.3 is 0 Å². The standard InChI is InChI=1S/C27H28BrN7O2/c1-37-14-21(26(30)36)16-7-9-35(10-8-16)23-6-5-18(13-31-23)22-12-20(17-3-2-4-19(28)11-17)24-25(29)32-15-33-27(24)34-22/h2-6,11-13,15-16,21H,7-10,14H2,1H3,(H2,30,36)(H2,29,32,33,34). The van der Waals surface area contributed by atoms with Crippen molar-refractivity contribution in [3.63, 3.8) is 0 Å². The monoisotopic (exact) mass is 561 g/mol. The van der Waals surface area contributed by atoms with E-state index in [-0.39, 0.29) is 17.7 Å². The maximum Gasteiger partial charge on any atom is 0.223 e. The van der Waals surface area contributed by atoms with Gasteiger partial charge in [0.15, 0.2) is 5.65 Å². The van der Waals surface area contributed by atoms with Gasteiger partial charge in [-0.25, -0.2) is 19.9 Å². The number of piperidine rings is 1. The van der Waals surface area contributed by atoms with E-state index >= 15 is 0 Å². The van der Waals surface area contributed by atoms with Crippen LogP contribution in [0.4, 0.5) is 11.6 Å². The quantitative estimate of drug-likeness (QED) is 0.345. The number of primary amides is 1. The minimum atomic E-state index is -0.292. The van der Waals surface area contributed by atoms with Crippen molar-refractivity contribution in [2.24, 2.45) is 17.6 Å². The van der Waals surface area contributed by atoms with E-state index in [1.165, 1.54) is 6.33 Å². The van der Waals surface area contributed by atoms with Crippen molar-refractivity contribution in [2.75, 3.05) is 37.4 Å². The Balaban J connectivity index is 1.41. The highest BCUT2D eigenvalue weighted by atomic mass is 79.9. The number of nitrogens with zero attached hydrogens (tertiary/aromatic N) is 5. The molecule has 0 bridgehead atoms. The summed E-state index contributed by atoms with van der Waals surface area (Å²) in [5.41, 5.74) is 15.9. The van der Waals surface area contributed by atoms with Crippen LogP contribution in [0, 0.1) is 11.8 Å². The second-order valence-corrected chi connectivity index (χ2v) is 10.1. The molecule has 4 heterocycles. The minimum Gasteiger partial charge on any atom is -0.384 e. The van der Waals surface area contributed by atoms with Crippen molar-refractivity contribution in [3.05, 3.63) is 59.5 Å². The van der Waals surface area contributed by atoms with Crippen LogP contribution < -0.4 is 16.4 Å². The Bertz CT molecular complexity index is 1420. The first-order valence-corrected chi connectivity index (χ1v) is 12.9. The number of halogens is 1. The van der Waals surface area contributed by atoms with Gasteiger partial charge in [-0.05, 0) is 60.2 Å². The zero-order valence-corrected chi connectivity index (χ0v) is 22.1. The van der Waals surface area contributed by atoms with Crippen molar-refractivity contribution in [1.29, 1.82) is 0 Å². The van der Waals surface area contributed by atoms with Crippen LogP contribution in [0.15, 0.2) is 59.5 Å². The van der Waals surface area contributed by atoms with Crippen molar-refractivity contribution in [1.82, 2.24) is 19.9 Å². The smallest absolute Gasteiger partial charge is 0.223 e. The van der Waals surface area contributed by atoms with Crippen molar-refractivity contribution >= 4 is 44.5 Å². The number of hydrogen-bond donors (Lipinski definition) is 2. The predicted molar refractivity (Wildman–Crippen MR) is 148 cm³/mol. The fraction of sp³-hybridized carbons (Fsp3) is 0.296. The zero-order chi connectivity index (χ0) is 25.9. The first-order valence-electron chi connectivity index (χ1n) is 12.1. The number of hydrogen-bond acceptors (Lipinski definition) is 8. The first-order chi connectivity index (χ1) is 17.9. The molecule has 1 fully saturated rings. The van der Waals surface area contributed by atoms with Crippen LogP contribution in [-0.4, -0.2) is 52.6 Å². The number of nitrogens with two attached hydrogens (primary N) is 2. The maximum atomic E-state index is 11.8. The van der Waals surface area contributed by atoms with Gasteiger partial charge in [-0.1, -0.05) is 28.1 Å². The third-order valence-electron chi connectivity index (χ3n) is 6.96. The Hall–Kier alpha value is -3.63. The van der Waals surface area contributed by atoms with Crippen LogP contribution in [0.2, 0.25) is 0 Å². The average molecular weight is 562 g/mol. The summed E-state index contributed by atoms with van der Waals surface area (Å²) >= 11 is 3.56. The van der Waals surface area contributed by atoms with Gasteiger partial charge < -0.3 is 21.1 Å². The second kappa shape index (κ2) is 10.8. The third-order valence-corrected chi connectivity index (χ3v) is 7.45. The number of rotatable bonds is 7. The molecule has 0 spiro atoms. The Kier molecular flexibility index (Phi) is 7.29. The van der Waals surface area contributed by atoms with E-state index in [9.17, 15) is 4.79 Å². The number of aromatic nitrogens is 4. The number of amides is 1. The SMILES string of the molecule is COCC(C(N)=O)C1CCN(c2ccc(-c3cc(-c4cccc(Br)c4)c4c(N)ncnc4n3)cn2)CC1. The molecule has 1 aliphatic rings. The molecule has 3 aromatic heterocycles. The Morgan fingerprint density at radius 2 is 1.95 bits per heavy atom. The van der Waals surface area contributed by atoms with Gasteiger partial charge in [0.05, 0.1) is 23.6 Å². The number of carbonyl (C=O) groups excluding carboxylic acids is 1. The van der Waals surface area contributed by atoms with E-state index in [4.69, 9.17) is 26.2 Å². The molecule has 1 aromatic carbocycles. The fourth-order valence-electron chi connectivity index (χ4n) is 5.01. The van der Waals surface area contributed by atoms with E-state index in [0.29, 0.717) is 18.1 Å². The molecule has 37 heavy (non-hydrogen) atoms. The summed E-state index contributed by atoms with van der Waals surface area (Å²) in [6.07, 6.45) is 5.00. The lowest BCUT2D eigenvalue weighted by molar-refractivity contribution is -0.125. The van der Waals surface area contributed by atoms with Crippen LogP contribution >= 0.6 is 15.9 Å². The number of pyridine rings is 2. The molecular weight excluding hydrogens is 534 g/mol. The molecular formula is C27H28BrN7O2. The number of nitrogen functional groups attached to an aromatic ring is 1. The van der Waals surface area contributed by atoms with Crippen molar-refractivity contribution < 1.29 is 9.53 Å². The molecule has 4 N–H and O–H groups in total. The Morgan fingerprint density at radius 3 is 2.62 bits per heavy atom. The van der Waals surface area contributed by atoms with Gasteiger partial charge in [0.2, 0.25) is 5.91 Å². The molecule has 190 valence electrons. The van der Waals surface area contributed by atoms with Crippen molar-refractivity contribution in [3.8, 4) is 22.4 Å². The van der Waals surface area contributed by atoms with E-state index in [2.05, 4.69) is 30.8 Å². The molecule has 10 heteroatoms. The first kappa shape index (κ1) is 25.0. The lowest BCUT2D eigenvalue weighted by Crippen LogP contribution is -2.41. The van der Waals surface area contributed by atoms with Gasteiger partial charge in [-0.2, -0.15) is 0 Å². The second-order valence-electron chi connectivity index (χ2n) is 9.22. The van der Waals surface area contributed by atoms with Gasteiger partial charge in [0, 0.05) is 36.4 Å². The number of carbonyl (C=O) groups is 1. The summed E-state index contributed by atoms with van der Waals surface area (Å²) in [4.78, 5) is 32.2. The van der Waals surface area contributed by atoms with Crippen LogP contribution in [0.1, 0.15) is 12.8 Å². The molecule has 0 aliphatic carbocycles. The molecule has 1 saturated heterocycles. The van der Waals surface area contributed by atoms with Crippen LogP contribution in [0.3, 0.4) is 0 Å². The van der Waals surface area contributed by atoms with E-state index in [1.54, 1.807) is 7.11 Å². The summed E-state index contributed by atoms with van der Waals surface area (Å²) < 4.78 is 6.17. The lowest BCUT2D eigenvalue weighted by atomic mass is 9.84. The highest BCUT2D eigenvalue weighted by Gasteiger charge is 2.30. The summed E-state index contributed by atoms with van der Waals surface area (Å²) in [7, 11) is 1.60. The number of methoxy groups -OCH3 is 1. The summed E-state index contributed by atoms with van der Waals surface area (Å²) in [6, 6.07) is 14.0. The number of anilines is 2. The molecule has 0 saturated carbocycles. The van der Waals surface area contributed by atoms with Gasteiger partial charge in [-0.15, -0.1) is 0 Å². The lowest BCUT2D eigenvalue weighted by Gasteiger charge is -2.35.